The molecule has 0 fully saturated rings. The van der Waals surface area contributed by atoms with Gasteiger partial charge in [0.15, 0.2) is 6.29 Å². The zero-order valence-corrected chi connectivity index (χ0v) is 8.41. The van der Waals surface area contributed by atoms with Gasteiger partial charge in [-0.2, -0.15) is 0 Å². The summed E-state index contributed by atoms with van der Waals surface area (Å²) in [4.78, 5) is 19.6. The number of anilines is 1. The second kappa shape index (κ2) is 4.18. The predicted molar refractivity (Wildman–Crippen MR) is 57.1 cm³/mol. The van der Waals surface area contributed by atoms with Gasteiger partial charge < -0.3 is 9.72 Å². The Labute approximate surface area is 90.5 Å². The average molecular weight is 226 g/mol. The summed E-state index contributed by atoms with van der Waals surface area (Å²) in [5.41, 5.74) is 1.57. The normalized spacial score (nSPS) is 10.2. The molecule has 2 aromatic rings. The van der Waals surface area contributed by atoms with Crippen molar-refractivity contribution < 1.29 is 9.53 Å². The number of rotatable bonds is 4. The maximum atomic E-state index is 10.1. The zero-order valence-electron chi connectivity index (χ0n) is 7.66. The molecule has 0 radical (unpaired) electrons. The number of carbonyl (C=O) groups is 1. The zero-order chi connectivity index (χ0) is 10.7. The summed E-state index contributed by atoms with van der Waals surface area (Å²) in [6, 6.07) is 5.28. The third kappa shape index (κ3) is 2.02. The maximum absolute atomic E-state index is 10.1. The SMILES string of the molecule is O=CCOc1ccc2nc(NCl)[nH]c2c1. The van der Waals surface area contributed by atoms with Gasteiger partial charge in [0.25, 0.3) is 0 Å². The number of imidazole rings is 1. The maximum Gasteiger partial charge on any atom is 0.216 e. The molecule has 1 aromatic carbocycles. The Morgan fingerprint density at radius 1 is 1.60 bits per heavy atom. The Kier molecular flexibility index (Phi) is 2.73. The van der Waals surface area contributed by atoms with Crippen LogP contribution in [0, 0.1) is 0 Å². The van der Waals surface area contributed by atoms with Crippen molar-refractivity contribution in [2.24, 2.45) is 0 Å². The Morgan fingerprint density at radius 2 is 2.47 bits per heavy atom. The molecule has 1 heterocycles. The molecule has 5 nitrogen and oxygen atoms in total. The third-order valence-electron chi connectivity index (χ3n) is 1.86. The van der Waals surface area contributed by atoms with Crippen LogP contribution in [-0.2, 0) is 4.79 Å². The first kappa shape index (κ1) is 9.79. The molecule has 0 saturated heterocycles. The monoisotopic (exact) mass is 225 g/mol. The van der Waals surface area contributed by atoms with Crippen LogP contribution in [-0.4, -0.2) is 22.9 Å². The van der Waals surface area contributed by atoms with E-state index in [1.807, 2.05) is 0 Å². The smallest absolute Gasteiger partial charge is 0.216 e. The molecule has 6 heteroatoms. The molecule has 0 aliphatic carbocycles. The Bertz CT molecular complexity index is 483. The van der Waals surface area contributed by atoms with Crippen LogP contribution < -0.4 is 9.57 Å². The van der Waals surface area contributed by atoms with Gasteiger partial charge in [-0.25, -0.2) is 4.98 Å². The van der Waals surface area contributed by atoms with Crippen LogP contribution in [0.5, 0.6) is 5.75 Å². The molecular formula is C9H8ClN3O2. The lowest BCUT2D eigenvalue weighted by Gasteiger charge is -2.00. The molecule has 0 unspecified atom stereocenters. The topological polar surface area (TPSA) is 67.0 Å². The van der Waals surface area contributed by atoms with E-state index in [1.165, 1.54) is 0 Å². The fourth-order valence-corrected chi connectivity index (χ4v) is 1.34. The van der Waals surface area contributed by atoms with Gasteiger partial charge in [-0.1, -0.05) is 0 Å². The minimum Gasteiger partial charge on any atom is -0.486 e. The Hall–Kier alpha value is -1.75. The van der Waals surface area contributed by atoms with Crippen LogP contribution in [0.3, 0.4) is 0 Å². The average Bonchev–Trinajstić information content (AvgIpc) is 2.68. The van der Waals surface area contributed by atoms with Crippen LogP contribution in [0.2, 0.25) is 0 Å². The van der Waals surface area contributed by atoms with E-state index in [0.29, 0.717) is 18.0 Å². The van der Waals surface area contributed by atoms with Gasteiger partial charge in [0.05, 0.1) is 11.0 Å². The van der Waals surface area contributed by atoms with Gasteiger partial charge in [0.2, 0.25) is 5.95 Å². The first-order valence-corrected chi connectivity index (χ1v) is 4.64. The molecule has 0 amide bonds. The second-order valence-electron chi connectivity index (χ2n) is 2.84. The van der Waals surface area contributed by atoms with E-state index in [0.717, 1.165) is 11.0 Å². The number of hydrogen-bond donors (Lipinski definition) is 2. The van der Waals surface area contributed by atoms with Crippen molar-refractivity contribution in [2.75, 3.05) is 11.4 Å². The van der Waals surface area contributed by atoms with Gasteiger partial charge in [-0.05, 0) is 12.1 Å². The number of ether oxygens (including phenoxy) is 1. The number of nitrogens with zero attached hydrogens (tertiary/aromatic N) is 1. The molecule has 15 heavy (non-hydrogen) atoms. The number of aldehydes is 1. The number of aromatic amines is 1. The summed E-state index contributed by atoms with van der Waals surface area (Å²) in [6.07, 6.45) is 0.697. The molecule has 2 rings (SSSR count). The lowest BCUT2D eigenvalue weighted by atomic mass is 10.3. The minimum atomic E-state index is 0.0419. The number of H-pyrrole nitrogens is 1. The number of halogens is 1. The molecule has 0 aliphatic heterocycles. The number of nitrogens with one attached hydrogen (secondary N) is 2. The van der Waals surface area contributed by atoms with E-state index in [2.05, 4.69) is 14.8 Å². The molecule has 1 aromatic heterocycles. The number of benzene rings is 1. The number of carbonyl (C=O) groups excluding carboxylic acids is 1. The molecule has 0 spiro atoms. The van der Waals surface area contributed by atoms with Crippen LogP contribution in [0.4, 0.5) is 5.95 Å². The van der Waals surface area contributed by atoms with Gasteiger partial charge in [-0.15, -0.1) is 0 Å². The summed E-state index contributed by atoms with van der Waals surface area (Å²) in [5.74, 6) is 1.08. The first-order valence-electron chi connectivity index (χ1n) is 4.26. The molecule has 0 bridgehead atoms. The lowest BCUT2D eigenvalue weighted by Crippen LogP contribution is -1.97. The van der Waals surface area contributed by atoms with Crippen molar-refractivity contribution in [3.63, 3.8) is 0 Å². The quantitative estimate of drug-likeness (QED) is 0.614. The standard InChI is InChI=1S/C9H8ClN3O2/c10-13-9-11-7-2-1-6(15-4-3-14)5-8(7)12-9/h1-3,5H,4H2,(H2,11,12,13). The van der Waals surface area contributed by atoms with E-state index in [-0.39, 0.29) is 6.61 Å². The van der Waals surface area contributed by atoms with Crippen molar-refractivity contribution in [3.05, 3.63) is 18.2 Å². The van der Waals surface area contributed by atoms with Crippen molar-refractivity contribution in [2.45, 2.75) is 0 Å². The fourth-order valence-electron chi connectivity index (χ4n) is 1.25. The Morgan fingerprint density at radius 3 is 3.20 bits per heavy atom. The van der Waals surface area contributed by atoms with Gasteiger partial charge in [0, 0.05) is 17.8 Å². The van der Waals surface area contributed by atoms with Gasteiger partial charge in [0.1, 0.15) is 12.4 Å². The molecule has 2 N–H and O–H groups in total. The molecule has 0 atom stereocenters. The van der Waals surface area contributed by atoms with E-state index < -0.39 is 0 Å². The van der Waals surface area contributed by atoms with Gasteiger partial charge >= 0.3 is 0 Å². The highest BCUT2D eigenvalue weighted by Crippen LogP contribution is 2.20. The largest absolute Gasteiger partial charge is 0.486 e. The van der Waals surface area contributed by atoms with E-state index in [9.17, 15) is 4.79 Å². The highest BCUT2D eigenvalue weighted by atomic mass is 35.5. The number of aromatic nitrogens is 2. The number of fused-ring (bicyclic) bond motifs is 1. The van der Waals surface area contributed by atoms with Crippen molar-refractivity contribution in [1.82, 2.24) is 9.97 Å². The van der Waals surface area contributed by atoms with Crippen molar-refractivity contribution >= 4 is 35.0 Å². The fraction of sp³-hybridized carbons (Fsp3) is 0.111. The van der Waals surface area contributed by atoms with Crippen molar-refractivity contribution in [1.29, 1.82) is 0 Å². The minimum absolute atomic E-state index is 0.0419. The summed E-state index contributed by atoms with van der Waals surface area (Å²) in [7, 11) is 0. The lowest BCUT2D eigenvalue weighted by molar-refractivity contribution is -0.109. The van der Waals surface area contributed by atoms with Crippen LogP contribution in [0.25, 0.3) is 11.0 Å². The van der Waals surface area contributed by atoms with E-state index in [1.54, 1.807) is 18.2 Å². The molecule has 0 aliphatic rings. The molecular weight excluding hydrogens is 218 g/mol. The summed E-state index contributed by atoms with van der Waals surface area (Å²) < 4.78 is 5.14. The van der Waals surface area contributed by atoms with Crippen molar-refractivity contribution in [3.8, 4) is 5.75 Å². The van der Waals surface area contributed by atoms with Crippen LogP contribution in [0.1, 0.15) is 0 Å². The third-order valence-corrected chi connectivity index (χ3v) is 2.04. The highest BCUT2D eigenvalue weighted by molar-refractivity contribution is 6.23. The van der Waals surface area contributed by atoms with Gasteiger partial charge in [-0.3, -0.25) is 9.63 Å². The Balaban J connectivity index is 2.32. The summed E-state index contributed by atoms with van der Waals surface area (Å²) >= 11 is 5.40. The van der Waals surface area contributed by atoms with E-state index in [4.69, 9.17) is 16.5 Å². The second-order valence-corrected chi connectivity index (χ2v) is 3.03. The first-order chi connectivity index (χ1) is 7.33. The predicted octanol–water partition coefficient (Wildman–Crippen LogP) is 1.71. The van der Waals surface area contributed by atoms with Crippen LogP contribution >= 0.6 is 11.8 Å². The van der Waals surface area contributed by atoms with Crippen LogP contribution in [0.15, 0.2) is 18.2 Å². The summed E-state index contributed by atoms with van der Waals surface area (Å²) in [5, 5.41) is 0. The van der Waals surface area contributed by atoms with E-state index >= 15 is 0 Å². The summed E-state index contributed by atoms with van der Waals surface area (Å²) in [6.45, 7) is 0.0419. The molecule has 78 valence electrons. The molecule has 0 saturated carbocycles. The highest BCUT2D eigenvalue weighted by Gasteiger charge is 2.02. The number of hydrogen-bond acceptors (Lipinski definition) is 4.